The van der Waals surface area contributed by atoms with Crippen molar-refractivity contribution >= 4 is 0 Å². The summed E-state index contributed by atoms with van der Waals surface area (Å²) in [6, 6.07) is 0. The van der Waals surface area contributed by atoms with Crippen LogP contribution in [0.2, 0.25) is 0 Å². The molecule has 19 heavy (non-hydrogen) atoms. The minimum Gasteiger partial charge on any atom is -0.394 e. The Kier molecular flexibility index (Phi) is 4.71. The second-order valence-electron chi connectivity index (χ2n) is 4.55. The van der Waals surface area contributed by atoms with Crippen LogP contribution in [0.4, 0.5) is 0 Å². The maximum absolute atomic E-state index is 9.67. The van der Waals surface area contributed by atoms with Crippen LogP contribution in [0.15, 0.2) is 0 Å². The van der Waals surface area contributed by atoms with Gasteiger partial charge in [-0.1, -0.05) is 0 Å². The van der Waals surface area contributed by atoms with E-state index in [1.807, 2.05) is 0 Å². The molecule has 0 unspecified atom stereocenters. The van der Waals surface area contributed by atoms with Gasteiger partial charge < -0.3 is 44.8 Å². The number of hydrogen-bond donors (Lipinski definition) is 6. The molecule has 2 fully saturated rings. The summed E-state index contributed by atoms with van der Waals surface area (Å²) in [5.41, 5.74) is 0. The van der Waals surface area contributed by atoms with Gasteiger partial charge in [-0.05, 0) is 0 Å². The predicted molar refractivity (Wildman–Crippen MR) is 56.6 cm³/mol. The molecule has 9 nitrogen and oxygen atoms in total. The van der Waals surface area contributed by atoms with E-state index in [-0.39, 0.29) is 0 Å². The van der Waals surface area contributed by atoms with Gasteiger partial charge in [0.05, 0.1) is 13.2 Å². The van der Waals surface area contributed by atoms with E-state index in [1.54, 1.807) is 0 Å². The Morgan fingerprint density at radius 1 is 0.789 bits per heavy atom. The first kappa shape index (κ1) is 15.0. The fraction of sp³-hybridized carbons (Fsp3) is 1.00. The fourth-order valence-corrected chi connectivity index (χ4v) is 2.17. The van der Waals surface area contributed by atoms with Gasteiger partial charge in [0.1, 0.15) is 36.6 Å². The molecule has 2 aliphatic rings. The molecular weight excluding hydrogens is 264 g/mol. The summed E-state index contributed by atoms with van der Waals surface area (Å²) < 4.78 is 15.1. The van der Waals surface area contributed by atoms with Crippen molar-refractivity contribution in [2.45, 2.75) is 49.2 Å². The van der Waals surface area contributed by atoms with E-state index in [1.165, 1.54) is 0 Å². The smallest absolute Gasteiger partial charge is 0.187 e. The monoisotopic (exact) mass is 282 g/mol. The van der Waals surface area contributed by atoms with E-state index in [2.05, 4.69) is 0 Å². The van der Waals surface area contributed by atoms with Gasteiger partial charge in [0, 0.05) is 0 Å². The third-order valence-electron chi connectivity index (χ3n) is 3.28. The summed E-state index contributed by atoms with van der Waals surface area (Å²) in [7, 11) is 0. The minimum atomic E-state index is -1.51. The van der Waals surface area contributed by atoms with Crippen LogP contribution in [0.25, 0.3) is 0 Å². The summed E-state index contributed by atoms with van der Waals surface area (Å²) in [5, 5.41) is 56.1. The Morgan fingerprint density at radius 3 is 1.95 bits per heavy atom. The van der Waals surface area contributed by atoms with Crippen molar-refractivity contribution in [1.29, 1.82) is 0 Å². The molecule has 2 aliphatic heterocycles. The van der Waals surface area contributed by atoms with Crippen LogP contribution in [0.3, 0.4) is 0 Å². The lowest BCUT2D eigenvalue weighted by atomic mass is 10.1. The molecule has 112 valence electrons. The number of aliphatic hydroxyl groups excluding tert-OH is 6. The molecule has 6 N–H and O–H groups in total. The Morgan fingerprint density at radius 2 is 1.42 bits per heavy atom. The standard InChI is InChI=1S/C10H18O9/c11-1-3-5(13)6(14)10(18-3)19-8-4(2-12)17-9(16)7(8)15/h3-16H,1-2H2/t3-,4-,5+,6-,7+,8+,9+,10+/m0/s1. The number of ether oxygens (including phenoxy) is 3. The summed E-state index contributed by atoms with van der Waals surface area (Å²) in [6.45, 7) is -1.01. The average molecular weight is 282 g/mol. The lowest BCUT2D eigenvalue weighted by Gasteiger charge is -2.24. The van der Waals surface area contributed by atoms with E-state index in [0.717, 1.165) is 0 Å². The first-order valence-corrected chi connectivity index (χ1v) is 5.90. The molecule has 2 rings (SSSR count). The SMILES string of the molecule is OC[C@@H]1O[C@H](O[C@H]2[C@@H](O)[C@H](O)O[C@H]2CO)[C@@H](O)[C@@H]1O. The van der Waals surface area contributed by atoms with Crippen LogP contribution in [0, 0.1) is 0 Å². The van der Waals surface area contributed by atoms with Gasteiger partial charge in [-0.2, -0.15) is 0 Å². The molecule has 0 aromatic heterocycles. The van der Waals surface area contributed by atoms with Crippen molar-refractivity contribution in [1.82, 2.24) is 0 Å². The zero-order valence-electron chi connectivity index (χ0n) is 9.94. The number of aliphatic hydroxyl groups is 6. The van der Waals surface area contributed by atoms with Crippen molar-refractivity contribution < 1.29 is 44.8 Å². The third-order valence-corrected chi connectivity index (χ3v) is 3.28. The normalized spacial score (nSPS) is 50.8. The largest absolute Gasteiger partial charge is 0.394 e. The van der Waals surface area contributed by atoms with E-state index in [9.17, 15) is 20.4 Å². The molecule has 0 aromatic rings. The van der Waals surface area contributed by atoms with Gasteiger partial charge in [0.2, 0.25) is 0 Å². The fourth-order valence-electron chi connectivity index (χ4n) is 2.17. The molecule has 0 aliphatic carbocycles. The van der Waals surface area contributed by atoms with Crippen LogP contribution < -0.4 is 0 Å². The Bertz CT molecular complexity index is 301. The van der Waals surface area contributed by atoms with E-state index in [4.69, 9.17) is 24.4 Å². The highest BCUT2D eigenvalue weighted by Crippen LogP contribution is 2.28. The molecule has 9 heteroatoms. The summed E-state index contributed by atoms with van der Waals surface area (Å²) in [6.07, 6.45) is -10.1. The highest BCUT2D eigenvalue weighted by atomic mass is 16.7. The van der Waals surface area contributed by atoms with Crippen molar-refractivity contribution in [3.8, 4) is 0 Å². The highest BCUT2D eigenvalue weighted by molar-refractivity contribution is 4.91. The van der Waals surface area contributed by atoms with E-state index in [0.29, 0.717) is 0 Å². The molecule has 0 bridgehead atoms. The topological polar surface area (TPSA) is 149 Å². The van der Waals surface area contributed by atoms with Gasteiger partial charge in [-0.15, -0.1) is 0 Å². The summed E-state index contributed by atoms with van der Waals surface area (Å²) in [5.74, 6) is 0. The van der Waals surface area contributed by atoms with Crippen molar-refractivity contribution in [3.63, 3.8) is 0 Å². The molecule has 0 radical (unpaired) electrons. The Hall–Kier alpha value is -0.360. The first-order chi connectivity index (χ1) is 8.99. The molecule has 8 atom stereocenters. The van der Waals surface area contributed by atoms with Gasteiger partial charge in [-0.3, -0.25) is 0 Å². The van der Waals surface area contributed by atoms with Gasteiger partial charge >= 0.3 is 0 Å². The molecule has 2 saturated heterocycles. The quantitative estimate of drug-likeness (QED) is 0.302. The van der Waals surface area contributed by atoms with Crippen molar-refractivity contribution in [3.05, 3.63) is 0 Å². The predicted octanol–water partition coefficient (Wildman–Crippen LogP) is -4.12. The molecule has 0 aromatic carbocycles. The lowest BCUT2D eigenvalue weighted by molar-refractivity contribution is -0.215. The van der Waals surface area contributed by atoms with Gasteiger partial charge in [-0.25, -0.2) is 0 Å². The van der Waals surface area contributed by atoms with Gasteiger partial charge in [0.25, 0.3) is 0 Å². The second-order valence-corrected chi connectivity index (χ2v) is 4.55. The molecule has 0 spiro atoms. The zero-order valence-corrected chi connectivity index (χ0v) is 9.94. The molecule has 0 saturated carbocycles. The summed E-state index contributed by atoms with van der Waals surface area (Å²) in [4.78, 5) is 0. The Balaban J connectivity index is 2.00. The van der Waals surface area contributed by atoms with E-state index < -0.39 is 62.4 Å². The number of hydrogen-bond acceptors (Lipinski definition) is 9. The maximum atomic E-state index is 9.67. The van der Waals surface area contributed by atoms with Crippen LogP contribution in [0.1, 0.15) is 0 Å². The second kappa shape index (κ2) is 5.95. The zero-order chi connectivity index (χ0) is 14.2. The van der Waals surface area contributed by atoms with Crippen LogP contribution in [0.5, 0.6) is 0 Å². The first-order valence-electron chi connectivity index (χ1n) is 5.90. The van der Waals surface area contributed by atoms with Gasteiger partial charge in [0.15, 0.2) is 12.6 Å². The summed E-state index contributed by atoms with van der Waals surface area (Å²) >= 11 is 0. The molecule has 2 heterocycles. The minimum absolute atomic E-state index is 0.506. The van der Waals surface area contributed by atoms with Crippen LogP contribution in [-0.4, -0.2) is 93.1 Å². The van der Waals surface area contributed by atoms with Crippen molar-refractivity contribution in [2.24, 2.45) is 0 Å². The molecule has 0 amide bonds. The third kappa shape index (κ3) is 2.75. The Labute approximate surface area is 108 Å². The molecular formula is C10H18O9. The van der Waals surface area contributed by atoms with Crippen molar-refractivity contribution in [2.75, 3.05) is 13.2 Å². The average Bonchev–Trinajstić information content (AvgIpc) is 2.83. The number of rotatable bonds is 4. The lowest BCUT2D eigenvalue weighted by Crippen LogP contribution is -2.43. The maximum Gasteiger partial charge on any atom is 0.187 e. The van der Waals surface area contributed by atoms with Crippen LogP contribution >= 0.6 is 0 Å². The van der Waals surface area contributed by atoms with E-state index >= 15 is 0 Å². The highest BCUT2D eigenvalue weighted by Gasteiger charge is 2.49. The van der Waals surface area contributed by atoms with Crippen LogP contribution in [-0.2, 0) is 14.2 Å².